The zero-order valence-electron chi connectivity index (χ0n) is 11.9. The summed E-state index contributed by atoms with van der Waals surface area (Å²) in [4.78, 5) is 8.05. The fraction of sp³-hybridized carbons (Fsp3) is 0.438. The zero-order chi connectivity index (χ0) is 13.9. The number of nitrogen functional groups attached to an aromatic ring is 1. The van der Waals surface area contributed by atoms with Gasteiger partial charge in [-0.3, -0.25) is 0 Å². The van der Waals surface area contributed by atoms with Crippen LogP contribution >= 0.6 is 11.3 Å². The van der Waals surface area contributed by atoms with Gasteiger partial charge in [-0.25, -0.2) is 4.98 Å². The fourth-order valence-corrected chi connectivity index (χ4v) is 3.64. The Balaban J connectivity index is 1.71. The van der Waals surface area contributed by atoms with E-state index >= 15 is 0 Å². The Morgan fingerprint density at radius 3 is 2.45 bits per heavy atom. The summed E-state index contributed by atoms with van der Waals surface area (Å²) in [7, 11) is 0. The molecule has 20 heavy (non-hydrogen) atoms. The van der Waals surface area contributed by atoms with Crippen molar-refractivity contribution in [3.8, 4) is 0 Å². The van der Waals surface area contributed by atoms with Gasteiger partial charge < -0.3 is 10.6 Å². The number of aryl methyl sites for hydroxylation is 1. The molecular formula is C16H21N3S. The smallest absolute Gasteiger partial charge is 0.180 e. The summed E-state index contributed by atoms with van der Waals surface area (Å²) in [6.07, 6.45) is 4.95. The lowest BCUT2D eigenvalue weighted by Gasteiger charge is -2.28. The van der Waals surface area contributed by atoms with Gasteiger partial charge >= 0.3 is 0 Å². The van der Waals surface area contributed by atoms with Crippen molar-refractivity contribution in [2.75, 3.05) is 23.7 Å². The molecule has 3 rings (SSSR count). The lowest BCUT2D eigenvalue weighted by Crippen LogP contribution is -2.29. The molecular weight excluding hydrogens is 266 g/mol. The Bertz CT molecular complexity index is 568. The van der Waals surface area contributed by atoms with E-state index in [1.165, 1.54) is 48.5 Å². The molecule has 0 saturated carbocycles. The summed E-state index contributed by atoms with van der Waals surface area (Å²) >= 11 is 1.60. The Labute approximate surface area is 124 Å². The van der Waals surface area contributed by atoms with Crippen molar-refractivity contribution in [1.82, 2.24) is 4.98 Å². The number of anilines is 2. The number of nitrogens with zero attached hydrogens (tertiary/aromatic N) is 2. The minimum absolute atomic E-state index is 0.669. The third kappa shape index (κ3) is 2.96. The number of hydrogen-bond acceptors (Lipinski definition) is 4. The Kier molecular flexibility index (Phi) is 3.92. The monoisotopic (exact) mass is 287 g/mol. The molecule has 0 radical (unpaired) electrons. The normalized spacial score (nSPS) is 15.6. The highest BCUT2D eigenvalue weighted by Gasteiger charge is 2.11. The van der Waals surface area contributed by atoms with Crippen LogP contribution in [0.1, 0.15) is 35.4 Å². The fourth-order valence-electron chi connectivity index (χ4n) is 2.78. The van der Waals surface area contributed by atoms with Crippen molar-refractivity contribution in [3.63, 3.8) is 0 Å². The highest BCUT2D eigenvalue weighted by Crippen LogP contribution is 2.25. The number of thiazole rings is 1. The summed E-state index contributed by atoms with van der Waals surface area (Å²) < 4.78 is 0. The highest BCUT2D eigenvalue weighted by molar-refractivity contribution is 7.15. The van der Waals surface area contributed by atoms with Gasteiger partial charge in [0.1, 0.15) is 0 Å². The first-order chi connectivity index (χ1) is 9.72. The molecule has 1 aromatic carbocycles. The van der Waals surface area contributed by atoms with Crippen LogP contribution in [0.4, 0.5) is 10.8 Å². The molecule has 4 heteroatoms. The third-order valence-electron chi connectivity index (χ3n) is 3.93. The zero-order valence-corrected chi connectivity index (χ0v) is 12.7. The van der Waals surface area contributed by atoms with Crippen molar-refractivity contribution in [1.29, 1.82) is 0 Å². The van der Waals surface area contributed by atoms with Gasteiger partial charge in [0.05, 0.1) is 5.69 Å². The van der Waals surface area contributed by atoms with Gasteiger partial charge in [-0.05, 0) is 43.9 Å². The van der Waals surface area contributed by atoms with Crippen molar-refractivity contribution >= 4 is 22.2 Å². The van der Waals surface area contributed by atoms with Crippen molar-refractivity contribution < 1.29 is 0 Å². The molecule has 1 saturated heterocycles. The average Bonchev–Trinajstić information content (AvgIpc) is 2.79. The van der Waals surface area contributed by atoms with E-state index in [2.05, 4.69) is 34.1 Å². The summed E-state index contributed by atoms with van der Waals surface area (Å²) in [5.74, 6) is 0. The summed E-state index contributed by atoms with van der Waals surface area (Å²) in [6.45, 7) is 4.43. The number of piperidine rings is 1. The minimum atomic E-state index is 0.669. The second kappa shape index (κ2) is 5.83. The van der Waals surface area contributed by atoms with E-state index in [0.29, 0.717) is 5.13 Å². The molecule has 2 heterocycles. The van der Waals surface area contributed by atoms with Crippen LogP contribution in [0.25, 0.3) is 0 Å². The minimum Gasteiger partial charge on any atom is -0.375 e. The first kappa shape index (κ1) is 13.4. The lowest BCUT2D eigenvalue weighted by molar-refractivity contribution is 0.578. The van der Waals surface area contributed by atoms with Gasteiger partial charge in [0.2, 0.25) is 0 Å². The highest BCUT2D eigenvalue weighted by atomic mass is 32.1. The van der Waals surface area contributed by atoms with Crippen LogP contribution in [-0.2, 0) is 6.42 Å². The van der Waals surface area contributed by atoms with Gasteiger partial charge in [-0.2, -0.15) is 0 Å². The first-order valence-electron chi connectivity index (χ1n) is 7.28. The maximum Gasteiger partial charge on any atom is 0.180 e. The van der Waals surface area contributed by atoms with Crippen molar-refractivity contribution in [2.24, 2.45) is 0 Å². The topological polar surface area (TPSA) is 42.1 Å². The predicted molar refractivity (Wildman–Crippen MR) is 86.6 cm³/mol. The number of hydrogen-bond donors (Lipinski definition) is 1. The molecule has 1 aliphatic rings. The molecule has 0 bridgehead atoms. The standard InChI is InChI=1S/C16H21N3S/c1-12-15(20-16(17)18-12)11-13-5-7-14(8-6-13)19-9-3-2-4-10-19/h5-8H,2-4,9-11H2,1H3,(H2,17,18). The van der Waals surface area contributed by atoms with Crippen LogP contribution in [0.5, 0.6) is 0 Å². The van der Waals surface area contributed by atoms with Gasteiger partial charge in [0.25, 0.3) is 0 Å². The van der Waals surface area contributed by atoms with Crippen LogP contribution < -0.4 is 10.6 Å². The average molecular weight is 287 g/mol. The second-order valence-electron chi connectivity index (χ2n) is 5.45. The van der Waals surface area contributed by atoms with Crippen LogP contribution in [0.15, 0.2) is 24.3 Å². The molecule has 0 aliphatic carbocycles. The second-order valence-corrected chi connectivity index (χ2v) is 6.57. The first-order valence-corrected chi connectivity index (χ1v) is 8.10. The molecule has 3 nitrogen and oxygen atoms in total. The lowest BCUT2D eigenvalue weighted by atomic mass is 10.1. The molecule has 1 aromatic heterocycles. The quantitative estimate of drug-likeness (QED) is 0.937. The van der Waals surface area contributed by atoms with Crippen molar-refractivity contribution in [2.45, 2.75) is 32.6 Å². The molecule has 0 unspecified atom stereocenters. The van der Waals surface area contributed by atoms with Gasteiger partial charge in [-0.15, -0.1) is 11.3 Å². The maximum atomic E-state index is 5.76. The Morgan fingerprint density at radius 2 is 1.85 bits per heavy atom. The molecule has 2 aromatic rings. The van der Waals surface area contributed by atoms with Gasteiger partial charge in [0.15, 0.2) is 5.13 Å². The van der Waals surface area contributed by atoms with E-state index in [-0.39, 0.29) is 0 Å². The van der Waals surface area contributed by atoms with Gasteiger partial charge in [-0.1, -0.05) is 12.1 Å². The number of benzene rings is 1. The van der Waals surface area contributed by atoms with E-state index in [1.807, 2.05) is 6.92 Å². The molecule has 1 fully saturated rings. The Hall–Kier alpha value is -1.55. The molecule has 0 atom stereocenters. The van der Waals surface area contributed by atoms with E-state index in [4.69, 9.17) is 5.73 Å². The van der Waals surface area contributed by atoms with Crippen molar-refractivity contribution in [3.05, 3.63) is 40.4 Å². The summed E-state index contributed by atoms with van der Waals surface area (Å²) in [6, 6.07) is 8.97. The largest absolute Gasteiger partial charge is 0.375 e. The van der Waals surface area contributed by atoms with Crippen LogP contribution in [-0.4, -0.2) is 18.1 Å². The molecule has 0 spiro atoms. The van der Waals surface area contributed by atoms with Gasteiger partial charge in [0, 0.05) is 30.1 Å². The molecule has 0 amide bonds. The Morgan fingerprint density at radius 1 is 1.15 bits per heavy atom. The third-order valence-corrected chi connectivity index (χ3v) is 4.92. The van der Waals surface area contributed by atoms with E-state index < -0.39 is 0 Å². The van der Waals surface area contributed by atoms with Crippen LogP contribution in [0.3, 0.4) is 0 Å². The molecule has 2 N–H and O–H groups in total. The van der Waals surface area contributed by atoms with E-state index in [0.717, 1.165) is 12.1 Å². The van der Waals surface area contributed by atoms with Crippen LogP contribution in [0.2, 0.25) is 0 Å². The number of nitrogens with two attached hydrogens (primary N) is 1. The number of rotatable bonds is 3. The molecule has 106 valence electrons. The maximum absolute atomic E-state index is 5.76. The summed E-state index contributed by atoms with van der Waals surface area (Å²) in [5.41, 5.74) is 9.50. The SMILES string of the molecule is Cc1nc(N)sc1Cc1ccc(N2CCCCC2)cc1. The summed E-state index contributed by atoms with van der Waals surface area (Å²) in [5, 5.41) is 0.669. The predicted octanol–water partition coefficient (Wildman–Crippen LogP) is 3.61. The molecule has 1 aliphatic heterocycles. The number of aromatic nitrogens is 1. The van der Waals surface area contributed by atoms with E-state index in [9.17, 15) is 0 Å². The van der Waals surface area contributed by atoms with E-state index in [1.54, 1.807) is 11.3 Å². The van der Waals surface area contributed by atoms with Crippen LogP contribution in [0, 0.1) is 6.92 Å².